The zero-order chi connectivity index (χ0) is 19.7. The molecule has 5 heteroatoms. The smallest absolute Gasteiger partial charge is 0.224 e. The van der Waals surface area contributed by atoms with E-state index in [4.69, 9.17) is 9.47 Å². The number of hydrogen-bond donors (Lipinski definition) is 2. The lowest BCUT2D eigenvalue weighted by Crippen LogP contribution is -2.29. The van der Waals surface area contributed by atoms with E-state index in [2.05, 4.69) is 47.1 Å². The van der Waals surface area contributed by atoms with E-state index < -0.39 is 0 Å². The molecule has 3 unspecified atom stereocenters. The van der Waals surface area contributed by atoms with Crippen molar-refractivity contribution in [3.05, 3.63) is 59.7 Å². The van der Waals surface area contributed by atoms with E-state index in [0.29, 0.717) is 18.3 Å². The highest BCUT2D eigenvalue weighted by Gasteiger charge is 2.38. The molecule has 0 spiro atoms. The second kappa shape index (κ2) is 7.58. The van der Waals surface area contributed by atoms with Gasteiger partial charge in [0, 0.05) is 23.7 Å². The lowest BCUT2D eigenvalue weighted by atomic mass is 9.77. The van der Waals surface area contributed by atoms with Crippen LogP contribution in [0, 0.1) is 5.92 Å². The van der Waals surface area contributed by atoms with Crippen molar-refractivity contribution in [2.45, 2.75) is 31.7 Å². The third-order valence-electron chi connectivity index (χ3n) is 5.73. The average Bonchev–Trinajstić information content (AvgIpc) is 3.23. The Bertz CT molecular complexity index is 922. The second-order valence-electron chi connectivity index (χ2n) is 7.29. The van der Waals surface area contributed by atoms with E-state index in [1.807, 2.05) is 19.1 Å². The maximum absolute atomic E-state index is 11.8. The summed E-state index contributed by atoms with van der Waals surface area (Å²) in [4.78, 5) is 11.8. The van der Waals surface area contributed by atoms with E-state index in [9.17, 15) is 4.79 Å². The first-order chi connectivity index (χ1) is 13.6. The van der Waals surface area contributed by atoms with Crippen molar-refractivity contribution in [3.8, 4) is 11.5 Å². The van der Waals surface area contributed by atoms with Crippen LogP contribution in [0.1, 0.15) is 42.9 Å². The first-order valence-electron chi connectivity index (χ1n) is 9.73. The number of ether oxygens (including phenoxy) is 2. The van der Waals surface area contributed by atoms with Gasteiger partial charge in [-0.25, -0.2) is 0 Å². The minimum Gasteiger partial charge on any atom is -0.493 e. The van der Waals surface area contributed by atoms with E-state index in [-0.39, 0.29) is 11.9 Å². The third kappa shape index (κ3) is 3.21. The Hall–Kier alpha value is -2.95. The SMILES string of the molecule is CCC(=O)Nc1ccc2c(c1)C1C=CCC1C(c1ccc(OC)c(OC)c1)N2. The average molecular weight is 378 g/mol. The summed E-state index contributed by atoms with van der Waals surface area (Å²) >= 11 is 0. The largest absolute Gasteiger partial charge is 0.493 e. The summed E-state index contributed by atoms with van der Waals surface area (Å²) in [7, 11) is 3.32. The molecule has 3 atom stereocenters. The van der Waals surface area contributed by atoms with Gasteiger partial charge in [0.1, 0.15) is 0 Å². The summed E-state index contributed by atoms with van der Waals surface area (Å²) in [5, 5.41) is 6.69. The Morgan fingerprint density at radius 3 is 2.71 bits per heavy atom. The number of rotatable bonds is 5. The van der Waals surface area contributed by atoms with Crippen LogP contribution in [-0.2, 0) is 4.79 Å². The molecule has 0 aromatic heterocycles. The van der Waals surface area contributed by atoms with E-state index in [1.165, 1.54) is 11.1 Å². The van der Waals surface area contributed by atoms with Crippen LogP contribution in [0.15, 0.2) is 48.6 Å². The molecular weight excluding hydrogens is 352 g/mol. The zero-order valence-corrected chi connectivity index (χ0v) is 16.5. The molecule has 0 radical (unpaired) electrons. The summed E-state index contributed by atoms with van der Waals surface area (Å²) in [6.07, 6.45) is 6.05. The number of amides is 1. The number of carbonyl (C=O) groups excluding carboxylic acids is 1. The molecule has 146 valence electrons. The first kappa shape index (κ1) is 18.4. The molecule has 2 aromatic rings. The van der Waals surface area contributed by atoms with Gasteiger partial charge in [-0.3, -0.25) is 4.79 Å². The Morgan fingerprint density at radius 2 is 1.96 bits per heavy atom. The Labute approximate surface area is 165 Å². The highest BCUT2D eigenvalue weighted by Crippen LogP contribution is 2.51. The predicted octanol–water partition coefficient (Wildman–Crippen LogP) is 4.88. The molecule has 2 aliphatic rings. The molecule has 5 nitrogen and oxygen atoms in total. The quantitative estimate of drug-likeness (QED) is 0.728. The number of benzene rings is 2. The standard InChI is InChI=1S/C23H26N2O3/c1-4-22(26)24-15-9-10-19-18(13-15)16-6-5-7-17(16)23(25-19)14-8-11-20(27-2)21(12-14)28-3/h5-6,8-13,16-17,23,25H,4,7H2,1-3H3,(H,24,26). The fraction of sp³-hybridized carbons (Fsp3) is 0.348. The number of nitrogens with one attached hydrogen (secondary N) is 2. The molecule has 1 heterocycles. The van der Waals surface area contributed by atoms with Crippen LogP contribution in [0.5, 0.6) is 11.5 Å². The highest BCUT2D eigenvalue weighted by molar-refractivity contribution is 5.91. The van der Waals surface area contributed by atoms with E-state index >= 15 is 0 Å². The first-order valence-corrected chi connectivity index (χ1v) is 9.73. The number of carbonyl (C=O) groups is 1. The fourth-order valence-corrected chi connectivity index (χ4v) is 4.30. The van der Waals surface area contributed by atoms with E-state index in [1.54, 1.807) is 14.2 Å². The van der Waals surface area contributed by atoms with Crippen LogP contribution in [0.25, 0.3) is 0 Å². The maximum atomic E-state index is 11.8. The monoisotopic (exact) mass is 378 g/mol. The molecule has 2 aromatic carbocycles. The highest BCUT2D eigenvalue weighted by atomic mass is 16.5. The normalized spacial score (nSPS) is 22.0. The Balaban J connectivity index is 1.68. The minimum atomic E-state index is 0.0328. The summed E-state index contributed by atoms with van der Waals surface area (Å²) in [6, 6.07) is 12.5. The van der Waals surface area contributed by atoms with Gasteiger partial charge in [-0.1, -0.05) is 25.1 Å². The van der Waals surface area contributed by atoms with Crippen LogP contribution < -0.4 is 20.1 Å². The zero-order valence-electron chi connectivity index (χ0n) is 16.5. The second-order valence-corrected chi connectivity index (χ2v) is 7.29. The van der Waals surface area contributed by atoms with E-state index in [0.717, 1.165) is 29.3 Å². The minimum absolute atomic E-state index is 0.0328. The van der Waals surface area contributed by atoms with Gasteiger partial charge in [0.15, 0.2) is 11.5 Å². The van der Waals surface area contributed by atoms with Crippen LogP contribution in [0.4, 0.5) is 11.4 Å². The predicted molar refractivity (Wildman–Crippen MR) is 111 cm³/mol. The number of fused-ring (bicyclic) bond motifs is 3. The van der Waals surface area contributed by atoms with Crippen molar-refractivity contribution in [1.82, 2.24) is 0 Å². The van der Waals surface area contributed by atoms with Gasteiger partial charge in [-0.2, -0.15) is 0 Å². The van der Waals surface area contributed by atoms with Crippen LogP contribution in [0.3, 0.4) is 0 Å². The number of methoxy groups -OCH3 is 2. The summed E-state index contributed by atoms with van der Waals surface area (Å²) < 4.78 is 10.9. The van der Waals surface area contributed by atoms with Gasteiger partial charge in [0.25, 0.3) is 0 Å². The molecular formula is C23H26N2O3. The Kier molecular flexibility index (Phi) is 4.99. The molecule has 0 saturated carbocycles. The topological polar surface area (TPSA) is 59.6 Å². The van der Waals surface area contributed by atoms with Crippen LogP contribution >= 0.6 is 0 Å². The molecule has 1 aliphatic carbocycles. The van der Waals surface area contributed by atoms with Gasteiger partial charge < -0.3 is 20.1 Å². The molecule has 0 fully saturated rings. The van der Waals surface area contributed by atoms with Gasteiger partial charge in [-0.05, 0) is 53.8 Å². The fourth-order valence-electron chi connectivity index (χ4n) is 4.30. The summed E-state index contributed by atoms with van der Waals surface area (Å²) in [6.45, 7) is 1.86. The Morgan fingerprint density at radius 1 is 1.14 bits per heavy atom. The van der Waals surface area contributed by atoms with Crippen molar-refractivity contribution in [3.63, 3.8) is 0 Å². The molecule has 2 N–H and O–H groups in total. The molecule has 0 bridgehead atoms. The van der Waals surface area contributed by atoms with Gasteiger partial charge in [0.05, 0.1) is 20.3 Å². The molecule has 0 saturated heterocycles. The lowest BCUT2D eigenvalue weighted by Gasteiger charge is -2.38. The third-order valence-corrected chi connectivity index (χ3v) is 5.73. The van der Waals surface area contributed by atoms with Crippen molar-refractivity contribution in [1.29, 1.82) is 0 Å². The van der Waals surface area contributed by atoms with Gasteiger partial charge >= 0.3 is 0 Å². The summed E-state index contributed by atoms with van der Waals surface area (Å²) in [5.74, 6) is 2.26. The molecule has 4 rings (SSSR count). The summed E-state index contributed by atoms with van der Waals surface area (Å²) in [5.41, 5.74) is 4.40. The van der Waals surface area contributed by atoms with Gasteiger partial charge in [-0.15, -0.1) is 0 Å². The number of hydrogen-bond acceptors (Lipinski definition) is 4. The van der Waals surface area contributed by atoms with Crippen LogP contribution in [0.2, 0.25) is 0 Å². The van der Waals surface area contributed by atoms with Crippen LogP contribution in [-0.4, -0.2) is 20.1 Å². The lowest BCUT2D eigenvalue weighted by molar-refractivity contribution is -0.115. The molecule has 1 aliphatic heterocycles. The van der Waals surface area contributed by atoms with Crippen molar-refractivity contribution in [2.75, 3.05) is 24.9 Å². The number of allylic oxidation sites excluding steroid dienone is 2. The van der Waals surface area contributed by atoms with Crippen molar-refractivity contribution < 1.29 is 14.3 Å². The maximum Gasteiger partial charge on any atom is 0.224 e. The number of anilines is 2. The van der Waals surface area contributed by atoms with Crippen molar-refractivity contribution >= 4 is 17.3 Å². The molecule has 1 amide bonds. The van der Waals surface area contributed by atoms with Gasteiger partial charge in [0.2, 0.25) is 5.91 Å². The van der Waals surface area contributed by atoms with Crippen molar-refractivity contribution in [2.24, 2.45) is 5.92 Å². The molecule has 28 heavy (non-hydrogen) atoms.